The molecule has 2 aliphatic rings. The van der Waals surface area contributed by atoms with E-state index in [2.05, 4.69) is 31.0 Å². The van der Waals surface area contributed by atoms with Crippen molar-refractivity contribution >= 4 is 5.91 Å². The maximum atomic E-state index is 12.5. The standard InChI is InChI=1S/C15H28N2O/c1-11(2)13-4-6-14(7-5-13)15(18)17-9-8-16-10-12(17)3/h11-14,16H,4-10H2,1-3H3/t12-,13-,14+/m1/s1. The summed E-state index contributed by atoms with van der Waals surface area (Å²) >= 11 is 0. The van der Waals surface area contributed by atoms with Crippen molar-refractivity contribution in [1.82, 2.24) is 10.2 Å². The maximum Gasteiger partial charge on any atom is 0.226 e. The number of piperazine rings is 1. The molecule has 0 bridgehead atoms. The lowest BCUT2D eigenvalue weighted by molar-refractivity contribution is -0.139. The Bertz CT molecular complexity index is 282. The van der Waals surface area contributed by atoms with E-state index >= 15 is 0 Å². The minimum absolute atomic E-state index is 0.306. The predicted molar refractivity (Wildman–Crippen MR) is 74.3 cm³/mol. The lowest BCUT2D eigenvalue weighted by atomic mass is 9.76. The van der Waals surface area contributed by atoms with Gasteiger partial charge in [-0.3, -0.25) is 4.79 Å². The molecule has 0 aromatic carbocycles. The zero-order valence-corrected chi connectivity index (χ0v) is 12.1. The highest BCUT2D eigenvalue weighted by atomic mass is 16.2. The van der Waals surface area contributed by atoms with Gasteiger partial charge in [0.05, 0.1) is 0 Å². The molecule has 1 aliphatic carbocycles. The van der Waals surface area contributed by atoms with E-state index in [0.29, 0.717) is 17.9 Å². The predicted octanol–water partition coefficient (Wildman–Crippen LogP) is 2.27. The quantitative estimate of drug-likeness (QED) is 0.817. The van der Waals surface area contributed by atoms with E-state index in [0.717, 1.165) is 44.3 Å². The number of nitrogens with one attached hydrogen (secondary N) is 1. The zero-order valence-electron chi connectivity index (χ0n) is 12.1. The van der Waals surface area contributed by atoms with Crippen molar-refractivity contribution in [2.45, 2.75) is 52.5 Å². The van der Waals surface area contributed by atoms with Gasteiger partial charge in [0.2, 0.25) is 5.91 Å². The number of rotatable bonds is 2. The molecule has 104 valence electrons. The summed E-state index contributed by atoms with van der Waals surface area (Å²) in [5.74, 6) is 2.35. The van der Waals surface area contributed by atoms with E-state index in [9.17, 15) is 4.79 Å². The van der Waals surface area contributed by atoms with Gasteiger partial charge in [-0.2, -0.15) is 0 Å². The highest BCUT2D eigenvalue weighted by Crippen LogP contribution is 2.34. The van der Waals surface area contributed by atoms with Crippen LogP contribution in [-0.4, -0.2) is 36.5 Å². The van der Waals surface area contributed by atoms with Gasteiger partial charge >= 0.3 is 0 Å². The van der Waals surface area contributed by atoms with Crippen LogP contribution >= 0.6 is 0 Å². The molecule has 1 saturated carbocycles. The van der Waals surface area contributed by atoms with Crippen LogP contribution in [0.4, 0.5) is 0 Å². The zero-order chi connectivity index (χ0) is 13.1. The topological polar surface area (TPSA) is 32.3 Å². The van der Waals surface area contributed by atoms with Crippen LogP contribution in [0.3, 0.4) is 0 Å². The van der Waals surface area contributed by atoms with Crippen LogP contribution < -0.4 is 5.32 Å². The third-order valence-electron chi connectivity index (χ3n) is 4.85. The summed E-state index contributed by atoms with van der Waals surface area (Å²) in [4.78, 5) is 14.6. The van der Waals surface area contributed by atoms with Crippen molar-refractivity contribution in [1.29, 1.82) is 0 Å². The molecule has 18 heavy (non-hydrogen) atoms. The highest BCUT2D eigenvalue weighted by molar-refractivity contribution is 5.79. The van der Waals surface area contributed by atoms with E-state index in [1.807, 2.05) is 0 Å². The Hall–Kier alpha value is -0.570. The van der Waals surface area contributed by atoms with Crippen molar-refractivity contribution < 1.29 is 4.79 Å². The molecule has 3 nitrogen and oxygen atoms in total. The Morgan fingerprint density at radius 3 is 2.44 bits per heavy atom. The molecule has 0 unspecified atom stereocenters. The van der Waals surface area contributed by atoms with Crippen LogP contribution in [0.2, 0.25) is 0 Å². The lowest BCUT2D eigenvalue weighted by Gasteiger charge is -2.38. The molecule has 1 amide bonds. The second-order valence-electron chi connectivity index (χ2n) is 6.44. The Balaban J connectivity index is 1.87. The van der Waals surface area contributed by atoms with Crippen molar-refractivity contribution in [3.05, 3.63) is 0 Å². The molecule has 1 heterocycles. The largest absolute Gasteiger partial charge is 0.337 e. The van der Waals surface area contributed by atoms with Crippen molar-refractivity contribution in [3.8, 4) is 0 Å². The van der Waals surface area contributed by atoms with Gasteiger partial charge in [0, 0.05) is 31.6 Å². The van der Waals surface area contributed by atoms with Gasteiger partial charge in [-0.25, -0.2) is 0 Å². The smallest absolute Gasteiger partial charge is 0.226 e. The van der Waals surface area contributed by atoms with Gasteiger partial charge in [-0.1, -0.05) is 13.8 Å². The highest BCUT2D eigenvalue weighted by Gasteiger charge is 2.32. The van der Waals surface area contributed by atoms with Crippen LogP contribution in [0, 0.1) is 17.8 Å². The molecule has 0 aromatic rings. The van der Waals surface area contributed by atoms with Gasteiger partial charge in [0.15, 0.2) is 0 Å². The monoisotopic (exact) mass is 252 g/mol. The van der Waals surface area contributed by atoms with Gasteiger partial charge in [0.1, 0.15) is 0 Å². The molecule has 3 heteroatoms. The first-order valence-electron chi connectivity index (χ1n) is 7.60. The second kappa shape index (κ2) is 6.05. The third kappa shape index (κ3) is 3.05. The van der Waals surface area contributed by atoms with Gasteiger partial charge < -0.3 is 10.2 Å². The number of amides is 1. The minimum atomic E-state index is 0.306. The van der Waals surface area contributed by atoms with Gasteiger partial charge in [-0.05, 0) is 44.4 Å². The molecule has 1 saturated heterocycles. The van der Waals surface area contributed by atoms with Crippen LogP contribution in [0.1, 0.15) is 46.5 Å². The van der Waals surface area contributed by atoms with Crippen molar-refractivity contribution in [2.75, 3.05) is 19.6 Å². The summed E-state index contributed by atoms with van der Waals surface area (Å²) in [6, 6.07) is 0.370. The molecule has 0 aromatic heterocycles. The SMILES string of the molecule is CC(C)[C@H]1CC[C@@H](C(=O)N2CCNC[C@H]2C)CC1. The van der Waals surface area contributed by atoms with Crippen LogP contribution in [0.25, 0.3) is 0 Å². The number of hydrogen-bond donors (Lipinski definition) is 1. The fourth-order valence-corrected chi connectivity index (χ4v) is 3.44. The molecule has 1 aliphatic heterocycles. The number of hydrogen-bond acceptors (Lipinski definition) is 2. The Kier molecular flexibility index (Phi) is 4.66. The van der Waals surface area contributed by atoms with Crippen LogP contribution in [0.15, 0.2) is 0 Å². The van der Waals surface area contributed by atoms with Crippen molar-refractivity contribution in [3.63, 3.8) is 0 Å². The molecule has 2 fully saturated rings. The maximum absolute atomic E-state index is 12.5. The molecular weight excluding hydrogens is 224 g/mol. The fraction of sp³-hybridized carbons (Fsp3) is 0.933. The average Bonchev–Trinajstić information content (AvgIpc) is 2.38. The first-order chi connectivity index (χ1) is 8.59. The molecule has 2 rings (SSSR count). The summed E-state index contributed by atoms with van der Waals surface area (Å²) in [7, 11) is 0. The number of carbonyl (C=O) groups is 1. The van der Waals surface area contributed by atoms with E-state index in [-0.39, 0.29) is 0 Å². The van der Waals surface area contributed by atoms with Crippen LogP contribution in [0.5, 0.6) is 0 Å². The molecule has 1 N–H and O–H groups in total. The van der Waals surface area contributed by atoms with Gasteiger partial charge in [-0.15, -0.1) is 0 Å². The molecule has 0 spiro atoms. The summed E-state index contributed by atoms with van der Waals surface area (Å²) in [6.45, 7) is 9.58. The van der Waals surface area contributed by atoms with E-state index < -0.39 is 0 Å². The Morgan fingerprint density at radius 2 is 1.89 bits per heavy atom. The summed E-state index contributed by atoms with van der Waals surface area (Å²) in [5.41, 5.74) is 0. The Labute approximate surface area is 111 Å². The van der Waals surface area contributed by atoms with E-state index in [1.54, 1.807) is 0 Å². The first-order valence-corrected chi connectivity index (χ1v) is 7.60. The number of carbonyl (C=O) groups excluding carboxylic acids is 1. The summed E-state index contributed by atoms with van der Waals surface area (Å²) < 4.78 is 0. The first kappa shape index (κ1) is 13.9. The fourth-order valence-electron chi connectivity index (χ4n) is 3.44. The van der Waals surface area contributed by atoms with E-state index in [4.69, 9.17) is 0 Å². The summed E-state index contributed by atoms with van der Waals surface area (Å²) in [5, 5.41) is 3.35. The summed E-state index contributed by atoms with van der Waals surface area (Å²) in [6.07, 6.45) is 4.71. The third-order valence-corrected chi connectivity index (χ3v) is 4.85. The van der Waals surface area contributed by atoms with Gasteiger partial charge in [0.25, 0.3) is 0 Å². The molecule has 0 radical (unpaired) electrons. The second-order valence-corrected chi connectivity index (χ2v) is 6.44. The Morgan fingerprint density at radius 1 is 1.22 bits per heavy atom. The minimum Gasteiger partial charge on any atom is -0.337 e. The van der Waals surface area contributed by atoms with Crippen molar-refractivity contribution in [2.24, 2.45) is 17.8 Å². The average molecular weight is 252 g/mol. The number of nitrogens with zero attached hydrogens (tertiary/aromatic N) is 1. The normalized spacial score (nSPS) is 33.8. The lowest BCUT2D eigenvalue weighted by Crippen LogP contribution is -2.54. The van der Waals surface area contributed by atoms with Crippen LogP contribution in [-0.2, 0) is 4.79 Å². The molecule has 1 atom stereocenters. The molecular formula is C15H28N2O. The van der Waals surface area contributed by atoms with E-state index in [1.165, 1.54) is 12.8 Å².